The van der Waals surface area contributed by atoms with Crippen LogP contribution in [0.2, 0.25) is 0 Å². The van der Waals surface area contributed by atoms with Gasteiger partial charge in [0.15, 0.2) is 5.17 Å². The Labute approximate surface area is 86.6 Å². The molecule has 0 bridgehead atoms. The van der Waals surface area contributed by atoms with Crippen molar-refractivity contribution >= 4 is 22.6 Å². The van der Waals surface area contributed by atoms with Crippen LogP contribution in [0.1, 0.15) is 5.56 Å². The Bertz CT molecular complexity index is 376. The molecule has 74 valence electrons. The van der Waals surface area contributed by atoms with Gasteiger partial charge in [0.1, 0.15) is 5.82 Å². The molecule has 0 aromatic heterocycles. The van der Waals surface area contributed by atoms with E-state index in [-0.39, 0.29) is 5.82 Å². The smallest absolute Gasteiger partial charge is 0.161 e. The summed E-state index contributed by atoms with van der Waals surface area (Å²) in [6.07, 6.45) is 0. The largest absolute Gasteiger partial charge is 0.335 e. The van der Waals surface area contributed by atoms with Gasteiger partial charge in [-0.05, 0) is 19.1 Å². The minimum absolute atomic E-state index is 0.182. The molecule has 14 heavy (non-hydrogen) atoms. The summed E-state index contributed by atoms with van der Waals surface area (Å²) < 4.78 is 13.2. The maximum atomic E-state index is 13.2. The highest BCUT2D eigenvalue weighted by Gasteiger charge is 2.09. The minimum Gasteiger partial charge on any atom is -0.335 e. The van der Waals surface area contributed by atoms with Gasteiger partial charge >= 0.3 is 0 Å². The highest BCUT2D eigenvalue weighted by Crippen LogP contribution is 2.20. The number of nitrogens with zero attached hydrogens (tertiary/aromatic N) is 1. The number of halogens is 1. The van der Waals surface area contributed by atoms with Gasteiger partial charge in [0, 0.05) is 17.0 Å². The number of amidine groups is 1. The van der Waals surface area contributed by atoms with E-state index < -0.39 is 0 Å². The third-order valence-corrected chi connectivity index (χ3v) is 2.99. The van der Waals surface area contributed by atoms with Crippen molar-refractivity contribution in [3.8, 4) is 0 Å². The zero-order valence-corrected chi connectivity index (χ0v) is 8.70. The lowest BCUT2D eigenvalue weighted by atomic mass is 10.2. The van der Waals surface area contributed by atoms with E-state index >= 15 is 0 Å². The molecule has 1 aliphatic heterocycles. The highest BCUT2D eigenvalue weighted by atomic mass is 32.2. The van der Waals surface area contributed by atoms with E-state index in [1.165, 1.54) is 6.07 Å². The Kier molecular flexibility index (Phi) is 2.72. The van der Waals surface area contributed by atoms with Crippen LogP contribution in [0.3, 0.4) is 0 Å². The molecule has 1 aliphatic rings. The zero-order valence-electron chi connectivity index (χ0n) is 7.88. The Morgan fingerprint density at radius 3 is 3.07 bits per heavy atom. The van der Waals surface area contributed by atoms with E-state index in [9.17, 15) is 4.39 Å². The van der Waals surface area contributed by atoms with Crippen molar-refractivity contribution in [1.82, 2.24) is 0 Å². The van der Waals surface area contributed by atoms with E-state index in [2.05, 4.69) is 10.3 Å². The van der Waals surface area contributed by atoms with Crippen molar-refractivity contribution in [3.05, 3.63) is 29.6 Å². The summed E-state index contributed by atoms with van der Waals surface area (Å²) in [5.41, 5.74) is 1.45. The van der Waals surface area contributed by atoms with Crippen LogP contribution in [0.25, 0.3) is 0 Å². The lowest BCUT2D eigenvalue weighted by Gasteiger charge is -2.08. The van der Waals surface area contributed by atoms with Crippen molar-refractivity contribution in [1.29, 1.82) is 0 Å². The Hall–Kier alpha value is -1.03. The number of hydrogen-bond acceptors (Lipinski definition) is 3. The third-order valence-electron chi connectivity index (χ3n) is 2.09. The minimum atomic E-state index is -0.182. The lowest BCUT2D eigenvalue weighted by Crippen LogP contribution is -2.06. The molecule has 4 heteroatoms. The predicted molar refractivity (Wildman–Crippen MR) is 59.5 cm³/mol. The molecule has 1 aromatic rings. The average molecular weight is 210 g/mol. The lowest BCUT2D eigenvalue weighted by molar-refractivity contribution is 0.619. The van der Waals surface area contributed by atoms with Gasteiger partial charge in [0.25, 0.3) is 0 Å². The first kappa shape index (κ1) is 9.52. The van der Waals surface area contributed by atoms with E-state index in [4.69, 9.17) is 0 Å². The molecule has 0 spiro atoms. The van der Waals surface area contributed by atoms with Gasteiger partial charge in [-0.15, -0.1) is 0 Å². The highest BCUT2D eigenvalue weighted by molar-refractivity contribution is 8.14. The maximum absolute atomic E-state index is 13.2. The summed E-state index contributed by atoms with van der Waals surface area (Å²) in [7, 11) is 0. The summed E-state index contributed by atoms with van der Waals surface area (Å²) in [6.45, 7) is 2.61. The van der Waals surface area contributed by atoms with Crippen LogP contribution in [-0.2, 0) is 0 Å². The molecule has 2 nitrogen and oxygen atoms in total. The molecule has 0 atom stereocenters. The van der Waals surface area contributed by atoms with E-state index in [1.54, 1.807) is 24.8 Å². The van der Waals surface area contributed by atoms with Gasteiger partial charge < -0.3 is 5.32 Å². The summed E-state index contributed by atoms with van der Waals surface area (Å²) >= 11 is 1.67. The van der Waals surface area contributed by atoms with Crippen molar-refractivity contribution < 1.29 is 4.39 Å². The summed E-state index contributed by atoms with van der Waals surface area (Å²) in [6, 6.07) is 5.02. The summed E-state index contributed by atoms with van der Waals surface area (Å²) in [5.74, 6) is 0.829. The normalized spacial score (nSPS) is 15.4. The number of benzene rings is 1. The van der Waals surface area contributed by atoms with Crippen molar-refractivity contribution in [2.24, 2.45) is 4.99 Å². The van der Waals surface area contributed by atoms with Crippen LogP contribution in [0, 0.1) is 12.7 Å². The second-order valence-electron chi connectivity index (χ2n) is 3.07. The predicted octanol–water partition coefficient (Wildman–Crippen LogP) is 2.65. The van der Waals surface area contributed by atoms with Crippen molar-refractivity contribution in [3.63, 3.8) is 0 Å². The topological polar surface area (TPSA) is 24.4 Å². The second kappa shape index (κ2) is 4.00. The van der Waals surface area contributed by atoms with Crippen LogP contribution in [0.4, 0.5) is 10.1 Å². The molecular weight excluding hydrogens is 199 g/mol. The first-order chi connectivity index (χ1) is 6.77. The average Bonchev–Trinajstić information content (AvgIpc) is 2.66. The third kappa shape index (κ3) is 1.90. The van der Waals surface area contributed by atoms with Crippen molar-refractivity contribution in [2.45, 2.75) is 6.92 Å². The fraction of sp³-hybridized carbons (Fsp3) is 0.300. The SMILES string of the molecule is Cc1c(F)cccc1NC1=NCCS1. The first-order valence-corrected chi connectivity index (χ1v) is 5.45. The van der Waals surface area contributed by atoms with Gasteiger partial charge in [0.05, 0.1) is 6.54 Å². The monoisotopic (exact) mass is 210 g/mol. The van der Waals surface area contributed by atoms with E-state index in [0.29, 0.717) is 5.56 Å². The summed E-state index contributed by atoms with van der Waals surface area (Å²) in [4.78, 5) is 4.25. The van der Waals surface area contributed by atoms with Gasteiger partial charge in [-0.1, -0.05) is 17.8 Å². The van der Waals surface area contributed by atoms with Crippen LogP contribution in [0.15, 0.2) is 23.2 Å². The van der Waals surface area contributed by atoms with Gasteiger partial charge in [0.2, 0.25) is 0 Å². The molecule has 0 unspecified atom stereocenters. The first-order valence-electron chi connectivity index (χ1n) is 4.47. The molecule has 1 aromatic carbocycles. The van der Waals surface area contributed by atoms with Crippen LogP contribution in [-0.4, -0.2) is 17.5 Å². The van der Waals surface area contributed by atoms with Crippen LogP contribution in [0.5, 0.6) is 0 Å². The molecule has 0 radical (unpaired) electrons. The molecule has 0 amide bonds. The van der Waals surface area contributed by atoms with E-state index in [1.807, 2.05) is 6.07 Å². The molecule has 0 fully saturated rings. The van der Waals surface area contributed by atoms with Crippen LogP contribution < -0.4 is 5.32 Å². The van der Waals surface area contributed by atoms with Gasteiger partial charge in [-0.3, -0.25) is 4.99 Å². The number of thioether (sulfide) groups is 1. The molecular formula is C10H11FN2S. The standard InChI is InChI=1S/C10H11FN2S/c1-7-8(11)3-2-4-9(7)13-10-12-5-6-14-10/h2-4H,5-6H2,1H3,(H,12,13). The quantitative estimate of drug-likeness (QED) is 0.770. The number of anilines is 1. The number of rotatable bonds is 1. The molecule has 1 N–H and O–H groups in total. The molecule has 0 saturated heterocycles. The fourth-order valence-electron chi connectivity index (χ4n) is 1.27. The molecule has 2 rings (SSSR count). The number of nitrogens with one attached hydrogen (secondary N) is 1. The Balaban J connectivity index is 2.20. The van der Waals surface area contributed by atoms with Crippen molar-refractivity contribution in [2.75, 3.05) is 17.6 Å². The Morgan fingerprint density at radius 1 is 1.50 bits per heavy atom. The molecule has 1 heterocycles. The number of hydrogen-bond donors (Lipinski definition) is 1. The van der Waals surface area contributed by atoms with Crippen LogP contribution >= 0.6 is 11.8 Å². The molecule has 0 saturated carbocycles. The van der Waals surface area contributed by atoms with Gasteiger partial charge in [-0.2, -0.15) is 0 Å². The fourth-order valence-corrected chi connectivity index (χ4v) is 2.01. The summed E-state index contributed by atoms with van der Waals surface area (Å²) in [5, 5.41) is 4.01. The Morgan fingerprint density at radius 2 is 2.36 bits per heavy atom. The van der Waals surface area contributed by atoms with E-state index in [0.717, 1.165) is 23.2 Å². The van der Waals surface area contributed by atoms with Gasteiger partial charge in [-0.25, -0.2) is 4.39 Å². The zero-order chi connectivity index (χ0) is 9.97. The number of aliphatic imine (C=N–C) groups is 1. The molecule has 0 aliphatic carbocycles. The second-order valence-corrected chi connectivity index (χ2v) is 4.16. The maximum Gasteiger partial charge on any atom is 0.161 e.